The topological polar surface area (TPSA) is 67.2 Å². The highest BCUT2D eigenvalue weighted by Crippen LogP contribution is 2.32. The predicted octanol–water partition coefficient (Wildman–Crippen LogP) is 2.52. The molecule has 4 rings (SSSR count). The van der Waals surface area contributed by atoms with Gasteiger partial charge in [0.25, 0.3) is 0 Å². The molecule has 1 N–H and O–H groups in total. The zero-order valence-electron chi connectivity index (χ0n) is 14.8. The van der Waals surface area contributed by atoms with Gasteiger partial charge in [0.05, 0.1) is 6.33 Å². The first-order valence-electron chi connectivity index (χ1n) is 9.33. The highest BCUT2D eigenvalue weighted by molar-refractivity contribution is 5.93. The van der Waals surface area contributed by atoms with Crippen LogP contribution >= 0.6 is 0 Å². The molecular formula is C20H24N4O2. The number of rotatable bonds is 5. The summed E-state index contributed by atoms with van der Waals surface area (Å²) in [5, 5.41) is 3.04. The molecule has 26 heavy (non-hydrogen) atoms. The van der Waals surface area contributed by atoms with Crippen LogP contribution < -0.4 is 5.32 Å². The summed E-state index contributed by atoms with van der Waals surface area (Å²) >= 11 is 0. The molecule has 2 heterocycles. The Morgan fingerprint density at radius 2 is 1.92 bits per heavy atom. The Balaban J connectivity index is 1.31. The first kappa shape index (κ1) is 16.8. The van der Waals surface area contributed by atoms with Gasteiger partial charge in [0.1, 0.15) is 0 Å². The van der Waals surface area contributed by atoms with E-state index in [-0.39, 0.29) is 23.7 Å². The van der Waals surface area contributed by atoms with E-state index in [9.17, 15) is 9.59 Å². The minimum atomic E-state index is -0.0180. The zero-order valence-corrected chi connectivity index (χ0v) is 14.8. The van der Waals surface area contributed by atoms with Crippen molar-refractivity contribution in [2.24, 2.45) is 11.8 Å². The van der Waals surface area contributed by atoms with Gasteiger partial charge in [0.2, 0.25) is 11.8 Å². The Hall–Kier alpha value is -2.63. The summed E-state index contributed by atoms with van der Waals surface area (Å²) in [4.78, 5) is 30.7. The van der Waals surface area contributed by atoms with E-state index < -0.39 is 0 Å². The minimum Gasteiger partial charge on any atom is -0.342 e. The smallest absolute Gasteiger partial charge is 0.227 e. The van der Waals surface area contributed by atoms with Gasteiger partial charge in [-0.15, -0.1) is 0 Å². The van der Waals surface area contributed by atoms with Crippen LogP contribution in [0.3, 0.4) is 0 Å². The highest BCUT2D eigenvalue weighted by Gasteiger charge is 2.35. The molecule has 2 amide bonds. The van der Waals surface area contributed by atoms with E-state index in [4.69, 9.17) is 0 Å². The van der Waals surface area contributed by atoms with E-state index >= 15 is 0 Å². The number of imidazole rings is 1. The number of nitrogens with zero attached hydrogens (tertiary/aromatic N) is 3. The average molecular weight is 352 g/mol. The Labute approximate surface area is 153 Å². The molecule has 6 nitrogen and oxygen atoms in total. The molecule has 0 spiro atoms. The summed E-state index contributed by atoms with van der Waals surface area (Å²) in [6.07, 6.45) is 9.03. The first-order chi connectivity index (χ1) is 12.7. The first-order valence-corrected chi connectivity index (χ1v) is 9.33. The van der Waals surface area contributed by atoms with Crippen LogP contribution in [0.2, 0.25) is 0 Å². The number of anilines is 1. The maximum absolute atomic E-state index is 12.6. The standard InChI is InChI=1S/C20H24N4O2/c25-19(16-6-9-24(10-7-16)20(26)17-4-5-17)22-18-3-1-2-15(12-18)13-23-11-8-21-14-23/h1-3,8,11-12,14,16-17H,4-7,9-10,13H2,(H,22,25). The molecule has 1 aromatic heterocycles. The van der Waals surface area contributed by atoms with Gasteiger partial charge in [0.15, 0.2) is 0 Å². The number of likely N-dealkylation sites (tertiary alicyclic amines) is 1. The van der Waals surface area contributed by atoms with E-state index in [1.165, 1.54) is 0 Å². The third-order valence-corrected chi connectivity index (χ3v) is 5.22. The van der Waals surface area contributed by atoms with Gasteiger partial charge in [-0.25, -0.2) is 4.98 Å². The van der Waals surface area contributed by atoms with Crippen LogP contribution in [0.25, 0.3) is 0 Å². The predicted molar refractivity (Wildman–Crippen MR) is 98.4 cm³/mol. The van der Waals surface area contributed by atoms with Crippen LogP contribution in [-0.4, -0.2) is 39.4 Å². The molecule has 1 aromatic carbocycles. The number of benzene rings is 1. The third-order valence-electron chi connectivity index (χ3n) is 5.22. The second-order valence-electron chi connectivity index (χ2n) is 7.30. The second kappa shape index (κ2) is 7.32. The van der Waals surface area contributed by atoms with Crippen molar-refractivity contribution in [1.29, 1.82) is 0 Å². The molecular weight excluding hydrogens is 328 g/mol. The van der Waals surface area contributed by atoms with Crippen molar-refractivity contribution in [2.75, 3.05) is 18.4 Å². The molecule has 1 aliphatic carbocycles. The summed E-state index contributed by atoms with van der Waals surface area (Å²) in [7, 11) is 0. The summed E-state index contributed by atoms with van der Waals surface area (Å²) in [6.45, 7) is 2.13. The van der Waals surface area contributed by atoms with Gasteiger partial charge in [-0.3, -0.25) is 9.59 Å². The van der Waals surface area contributed by atoms with Crippen LogP contribution in [0, 0.1) is 11.8 Å². The molecule has 1 aliphatic heterocycles. The molecule has 0 radical (unpaired) electrons. The second-order valence-corrected chi connectivity index (χ2v) is 7.30. The number of carbonyl (C=O) groups excluding carboxylic acids is 2. The molecule has 0 atom stereocenters. The molecule has 2 fully saturated rings. The van der Waals surface area contributed by atoms with E-state index in [1.807, 2.05) is 39.9 Å². The number of amides is 2. The molecule has 1 saturated heterocycles. The fourth-order valence-electron chi connectivity index (χ4n) is 3.53. The quantitative estimate of drug-likeness (QED) is 0.899. The Kier molecular flexibility index (Phi) is 4.73. The monoisotopic (exact) mass is 352 g/mol. The van der Waals surface area contributed by atoms with Gasteiger partial charge in [-0.2, -0.15) is 0 Å². The van der Waals surface area contributed by atoms with E-state index in [0.717, 1.165) is 43.5 Å². The van der Waals surface area contributed by atoms with Gasteiger partial charge in [-0.1, -0.05) is 12.1 Å². The molecule has 1 saturated carbocycles. The lowest BCUT2D eigenvalue weighted by atomic mass is 9.95. The number of piperidine rings is 1. The lowest BCUT2D eigenvalue weighted by Gasteiger charge is -2.31. The Bertz CT molecular complexity index is 775. The van der Waals surface area contributed by atoms with Crippen molar-refractivity contribution in [1.82, 2.24) is 14.5 Å². The van der Waals surface area contributed by atoms with Crippen molar-refractivity contribution in [3.05, 3.63) is 48.5 Å². The van der Waals surface area contributed by atoms with Gasteiger partial charge in [-0.05, 0) is 43.4 Å². The van der Waals surface area contributed by atoms with Crippen LogP contribution in [0.4, 0.5) is 5.69 Å². The lowest BCUT2D eigenvalue weighted by molar-refractivity contribution is -0.135. The van der Waals surface area contributed by atoms with Gasteiger partial charge < -0.3 is 14.8 Å². The maximum atomic E-state index is 12.6. The highest BCUT2D eigenvalue weighted by atomic mass is 16.2. The molecule has 136 valence electrons. The molecule has 6 heteroatoms. The fraction of sp³-hybridized carbons (Fsp3) is 0.450. The summed E-state index contributed by atoms with van der Waals surface area (Å²) < 4.78 is 1.99. The number of carbonyl (C=O) groups is 2. The number of hydrogen-bond acceptors (Lipinski definition) is 3. The molecule has 2 aromatic rings. The van der Waals surface area contributed by atoms with Crippen molar-refractivity contribution in [3.63, 3.8) is 0 Å². The van der Waals surface area contributed by atoms with Crippen molar-refractivity contribution in [2.45, 2.75) is 32.2 Å². The fourth-order valence-corrected chi connectivity index (χ4v) is 3.53. The van der Waals surface area contributed by atoms with Crippen LogP contribution in [-0.2, 0) is 16.1 Å². The summed E-state index contributed by atoms with van der Waals surface area (Å²) in [5.74, 6) is 0.591. The molecule has 2 aliphatic rings. The largest absolute Gasteiger partial charge is 0.342 e. The van der Waals surface area contributed by atoms with Crippen molar-refractivity contribution >= 4 is 17.5 Å². The molecule has 0 unspecified atom stereocenters. The van der Waals surface area contributed by atoms with Crippen LogP contribution in [0.15, 0.2) is 43.0 Å². The molecule has 0 bridgehead atoms. The minimum absolute atomic E-state index is 0.0180. The Morgan fingerprint density at radius 1 is 1.12 bits per heavy atom. The van der Waals surface area contributed by atoms with Crippen LogP contribution in [0.1, 0.15) is 31.2 Å². The van der Waals surface area contributed by atoms with Crippen molar-refractivity contribution < 1.29 is 9.59 Å². The maximum Gasteiger partial charge on any atom is 0.227 e. The summed E-state index contributed by atoms with van der Waals surface area (Å²) in [6, 6.07) is 7.92. The SMILES string of the molecule is O=C(Nc1cccc(Cn2ccnc2)c1)C1CCN(C(=O)C2CC2)CC1. The van der Waals surface area contributed by atoms with E-state index in [0.29, 0.717) is 13.1 Å². The van der Waals surface area contributed by atoms with E-state index in [1.54, 1.807) is 12.5 Å². The van der Waals surface area contributed by atoms with Crippen molar-refractivity contribution in [3.8, 4) is 0 Å². The normalized spacial score (nSPS) is 17.9. The lowest BCUT2D eigenvalue weighted by Crippen LogP contribution is -2.42. The third kappa shape index (κ3) is 3.95. The zero-order chi connectivity index (χ0) is 17.9. The Morgan fingerprint density at radius 3 is 2.62 bits per heavy atom. The number of hydrogen-bond donors (Lipinski definition) is 1. The van der Waals surface area contributed by atoms with E-state index in [2.05, 4.69) is 10.3 Å². The van der Waals surface area contributed by atoms with Gasteiger partial charge >= 0.3 is 0 Å². The van der Waals surface area contributed by atoms with Crippen LogP contribution in [0.5, 0.6) is 0 Å². The number of nitrogens with one attached hydrogen (secondary N) is 1. The average Bonchev–Trinajstić information content (AvgIpc) is 3.39. The summed E-state index contributed by atoms with van der Waals surface area (Å²) in [5.41, 5.74) is 1.94. The van der Waals surface area contributed by atoms with Gasteiger partial charge in [0, 0.05) is 49.6 Å². The number of aromatic nitrogens is 2.